The topological polar surface area (TPSA) is 20.2 Å². The normalized spacial score (nSPS) is 54.6. The molecule has 4 aliphatic carbocycles. The third kappa shape index (κ3) is 1.13. The summed E-state index contributed by atoms with van der Waals surface area (Å²) >= 11 is 0. The van der Waals surface area contributed by atoms with E-state index >= 15 is 0 Å². The first-order valence-corrected chi connectivity index (χ1v) is 6.00. The van der Waals surface area contributed by atoms with Crippen molar-refractivity contribution in [1.29, 1.82) is 0 Å². The average Bonchev–Trinajstić information content (AvgIpc) is 1.98. The van der Waals surface area contributed by atoms with Gasteiger partial charge in [-0.05, 0) is 68.6 Å². The van der Waals surface area contributed by atoms with Crippen LogP contribution in [0.1, 0.15) is 45.4 Å². The first-order valence-electron chi connectivity index (χ1n) is 6.00. The molecule has 1 unspecified atom stereocenters. The van der Waals surface area contributed by atoms with Gasteiger partial charge in [-0.25, -0.2) is 0 Å². The first kappa shape index (κ1) is 9.27. The lowest BCUT2D eigenvalue weighted by atomic mass is 9.42. The van der Waals surface area contributed by atoms with Gasteiger partial charge in [-0.1, -0.05) is 0 Å². The Morgan fingerprint density at radius 3 is 1.71 bits per heavy atom. The smallest absolute Gasteiger partial charge is 0.113 e. The van der Waals surface area contributed by atoms with Gasteiger partial charge in [0, 0.05) is 5.50 Å². The molecule has 0 aromatic rings. The van der Waals surface area contributed by atoms with Crippen LogP contribution < -0.4 is 0 Å². The predicted octanol–water partition coefficient (Wildman–Crippen LogP) is 2.08. The molecular formula is C12H19BO. The van der Waals surface area contributed by atoms with Crippen LogP contribution in [0.3, 0.4) is 0 Å². The largest absolute Gasteiger partial charge is 0.400 e. The molecule has 4 fully saturated rings. The molecule has 4 bridgehead atoms. The van der Waals surface area contributed by atoms with Gasteiger partial charge in [0.1, 0.15) is 7.85 Å². The fourth-order valence-electron chi connectivity index (χ4n) is 4.73. The second-order valence-electron chi connectivity index (χ2n) is 6.35. The van der Waals surface area contributed by atoms with Crippen LogP contribution in [0.4, 0.5) is 0 Å². The van der Waals surface area contributed by atoms with Crippen LogP contribution in [-0.2, 0) is 0 Å². The molecule has 76 valence electrons. The Bertz CT molecular complexity index is 218. The number of hydrogen-bond acceptors (Lipinski definition) is 1. The van der Waals surface area contributed by atoms with E-state index in [2.05, 4.69) is 0 Å². The van der Waals surface area contributed by atoms with Crippen molar-refractivity contribution in [2.45, 2.75) is 50.9 Å². The minimum atomic E-state index is -0.941. The van der Waals surface area contributed by atoms with Crippen LogP contribution in [0, 0.1) is 23.2 Å². The summed E-state index contributed by atoms with van der Waals surface area (Å²) in [7, 11) is 5.99. The van der Waals surface area contributed by atoms with E-state index in [4.69, 9.17) is 7.85 Å². The lowest BCUT2D eigenvalue weighted by molar-refractivity contribution is -0.133. The SMILES string of the molecule is [B]C(C)(O)C12CC3CC(CC(C3)C1)C2. The zero-order valence-electron chi connectivity index (χ0n) is 9.00. The monoisotopic (exact) mass is 190 g/mol. The molecule has 4 saturated carbocycles. The molecule has 1 nitrogen and oxygen atoms in total. The molecule has 4 aliphatic rings. The summed E-state index contributed by atoms with van der Waals surface area (Å²) in [4.78, 5) is 0. The van der Waals surface area contributed by atoms with Gasteiger partial charge in [-0.15, -0.1) is 0 Å². The van der Waals surface area contributed by atoms with Crippen molar-refractivity contribution in [1.82, 2.24) is 0 Å². The second kappa shape index (κ2) is 2.58. The van der Waals surface area contributed by atoms with Gasteiger partial charge in [0.15, 0.2) is 0 Å². The van der Waals surface area contributed by atoms with E-state index in [0.29, 0.717) is 0 Å². The molecule has 0 heterocycles. The van der Waals surface area contributed by atoms with E-state index < -0.39 is 5.50 Å². The van der Waals surface area contributed by atoms with Crippen LogP contribution >= 0.6 is 0 Å². The quantitative estimate of drug-likeness (QED) is 0.627. The standard InChI is InChI=1S/C12H19BO/c1-11(13,14)12-5-8-2-9(6-12)4-10(3-8)7-12/h8-10,14H,2-7H2,1H3. The summed E-state index contributed by atoms with van der Waals surface area (Å²) in [6.07, 6.45) is 7.79. The predicted molar refractivity (Wildman–Crippen MR) is 57.0 cm³/mol. The van der Waals surface area contributed by atoms with Gasteiger partial charge >= 0.3 is 0 Å². The van der Waals surface area contributed by atoms with Crippen molar-refractivity contribution < 1.29 is 5.11 Å². The second-order valence-corrected chi connectivity index (χ2v) is 6.35. The lowest BCUT2D eigenvalue weighted by Crippen LogP contribution is -2.57. The molecule has 1 N–H and O–H groups in total. The summed E-state index contributed by atoms with van der Waals surface area (Å²) in [5.74, 6) is 2.61. The number of hydrogen-bond donors (Lipinski definition) is 1. The van der Waals surface area contributed by atoms with Gasteiger partial charge < -0.3 is 5.11 Å². The van der Waals surface area contributed by atoms with Crippen LogP contribution in [0.2, 0.25) is 0 Å². The highest BCUT2D eigenvalue weighted by atomic mass is 16.3. The molecule has 0 amide bonds. The number of rotatable bonds is 1. The molecule has 0 aliphatic heterocycles. The molecular weight excluding hydrogens is 171 g/mol. The van der Waals surface area contributed by atoms with Crippen LogP contribution in [0.25, 0.3) is 0 Å². The fourth-order valence-corrected chi connectivity index (χ4v) is 4.73. The zero-order valence-corrected chi connectivity index (χ0v) is 9.00. The summed E-state index contributed by atoms with van der Waals surface area (Å²) in [6, 6.07) is 0. The highest BCUT2D eigenvalue weighted by Crippen LogP contribution is 2.62. The zero-order chi connectivity index (χ0) is 9.97. The molecule has 0 saturated heterocycles. The van der Waals surface area contributed by atoms with E-state index in [1.807, 2.05) is 6.92 Å². The van der Waals surface area contributed by atoms with Crippen molar-refractivity contribution >= 4 is 7.85 Å². The van der Waals surface area contributed by atoms with Crippen LogP contribution in [0.5, 0.6) is 0 Å². The van der Waals surface area contributed by atoms with Crippen molar-refractivity contribution in [2.75, 3.05) is 0 Å². The van der Waals surface area contributed by atoms with E-state index in [9.17, 15) is 5.11 Å². The maximum absolute atomic E-state index is 10.2. The molecule has 0 aromatic carbocycles. The summed E-state index contributed by atoms with van der Waals surface area (Å²) in [6.45, 7) is 1.82. The molecule has 2 radical (unpaired) electrons. The molecule has 0 spiro atoms. The fraction of sp³-hybridized carbons (Fsp3) is 1.00. The summed E-state index contributed by atoms with van der Waals surface area (Å²) in [5.41, 5.74) is -0.870. The van der Waals surface area contributed by atoms with Crippen LogP contribution in [-0.4, -0.2) is 18.5 Å². The van der Waals surface area contributed by atoms with Gasteiger partial charge in [-0.3, -0.25) is 0 Å². The van der Waals surface area contributed by atoms with Gasteiger partial charge in [0.05, 0.1) is 0 Å². The van der Waals surface area contributed by atoms with Crippen molar-refractivity contribution in [3.05, 3.63) is 0 Å². The highest BCUT2D eigenvalue weighted by molar-refractivity contribution is 6.14. The minimum Gasteiger partial charge on any atom is -0.400 e. The summed E-state index contributed by atoms with van der Waals surface area (Å²) in [5, 5.41) is 10.2. The Hall–Kier alpha value is 0.0249. The molecule has 1 atom stereocenters. The highest BCUT2D eigenvalue weighted by Gasteiger charge is 2.56. The van der Waals surface area contributed by atoms with Crippen molar-refractivity contribution in [3.63, 3.8) is 0 Å². The van der Waals surface area contributed by atoms with Gasteiger partial charge in [0.2, 0.25) is 0 Å². The molecule has 2 heteroatoms. The van der Waals surface area contributed by atoms with Crippen LogP contribution in [0.15, 0.2) is 0 Å². The maximum atomic E-state index is 10.2. The van der Waals surface area contributed by atoms with Crippen molar-refractivity contribution in [2.24, 2.45) is 23.2 Å². The Morgan fingerprint density at radius 1 is 1.07 bits per heavy atom. The lowest BCUT2D eigenvalue weighted by Gasteiger charge is -2.61. The molecule has 4 rings (SSSR count). The van der Waals surface area contributed by atoms with Crippen molar-refractivity contribution in [3.8, 4) is 0 Å². The first-order chi connectivity index (χ1) is 6.48. The third-order valence-corrected chi connectivity index (χ3v) is 5.11. The average molecular weight is 190 g/mol. The van der Waals surface area contributed by atoms with E-state index in [1.165, 1.54) is 38.5 Å². The third-order valence-electron chi connectivity index (χ3n) is 5.11. The Kier molecular flexibility index (Phi) is 1.71. The Balaban J connectivity index is 1.95. The minimum absolute atomic E-state index is 0.0712. The summed E-state index contributed by atoms with van der Waals surface area (Å²) < 4.78 is 0. The van der Waals surface area contributed by atoms with E-state index in [0.717, 1.165) is 17.8 Å². The molecule has 14 heavy (non-hydrogen) atoms. The van der Waals surface area contributed by atoms with Gasteiger partial charge in [0.25, 0.3) is 0 Å². The number of aliphatic hydroxyl groups is 1. The molecule has 0 aromatic heterocycles. The van der Waals surface area contributed by atoms with Gasteiger partial charge in [-0.2, -0.15) is 0 Å². The Labute approximate surface area is 87.7 Å². The van der Waals surface area contributed by atoms with E-state index in [-0.39, 0.29) is 5.41 Å². The maximum Gasteiger partial charge on any atom is 0.113 e. The Morgan fingerprint density at radius 2 is 1.43 bits per heavy atom. The van der Waals surface area contributed by atoms with E-state index in [1.54, 1.807) is 0 Å².